The second kappa shape index (κ2) is 10.6. The average molecular weight is 510 g/mol. The van der Waals surface area contributed by atoms with Gasteiger partial charge in [-0.2, -0.15) is 0 Å². The highest BCUT2D eigenvalue weighted by atomic mass is 32.1. The maximum absolute atomic E-state index is 13.0. The molecular formula is C30H31N5OS. The van der Waals surface area contributed by atoms with Gasteiger partial charge in [0.15, 0.2) is 5.11 Å². The van der Waals surface area contributed by atoms with Crippen LogP contribution in [0.5, 0.6) is 0 Å². The van der Waals surface area contributed by atoms with Crippen LogP contribution in [0.1, 0.15) is 46.6 Å². The van der Waals surface area contributed by atoms with Crippen LogP contribution in [0.3, 0.4) is 0 Å². The number of amides is 1. The molecule has 0 aliphatic carbocycles. The summed E-state index contributed by atoms with van der Waals surface area (Å²) < 4.78 is 2.19. The number of pyridine rings is 1. The summed E-state index contributed by atoms with van der Waals surface area (Å²) in [6.07, 6.45) is 4.19. The topological polar surface area (TPSA) is 62.2 Å². The van der Waals surface area contributed by atoms with E-state index in [1.807, 2.05) is 50.2 Å². The molecule has 1 fully saturated rings. The van der Waals surface area contributed by atoms with Crippen LogP contribution in [0.15, 0.2) is 85.2 Å². The molecule has 2 atom stereocenters. The molecule has 1 saturated heterocycles. The monoisotopic (exact) mass is 509 g/mol. The maximum atomic E-state index is 13.0. The van der Waals surface area contributed by atoms with Gasteiger partial charge in [-0.3, -0.25) is 9.78 Å². The SMILES string of the molecule is Cc1ccc(-n2cccc2[C@@H]2[C@H](c3ccccn3)NC(=S)N2CCC(=O)Nc2cc(C)ccc2C)cc1. The number of hydrogen-bond donors (Lipinski definition) is 2. The number of benzene rings is 2. The largest absolute Gasteiger partial charge is 0.352 e. The highest BCUT2D eigenvalue weighted by Gasteiger charge is 2.41. The number of hydrogen-bond acceptors (Lipinski definition) is 3. The first-order valence-electron chi connectivity index (χ1n) is 12.5. The summed E-state index contributed by atoms with van der Waals surface area (Å²) in [7, 11) is 0. The number of carbonyl (C=O) groups is 1. The molecule has 0 unspecified atom stereocenters. The molecule has 7 heteroatoms. The molecule has 1 amide bonds. The summed E-state index contributed by atoms with van der Waals surface area (Å²) in [6.45, 7) is 6.59. The predicted molar refractivity (Wildman–Crippen MR) is 152 cm³/mol. The van der Waals surface area contributed by atoms with Gasteiger partial charge in [0.2, 0.25) is 5.91 Å². The normalized spacial score (nSPS) is 17.1. The van der Waals surface area contributed by atoms with Gasteiger partial charge in [0.05, 0.1) is 17.8 Å². The standard InChI is InChI=1S/C30H31N5OS/c1-20-10-13-23(14-11-20)34-17-6-8-26(34)29-28(24-7-4-5-16-31-24)33-30(37)35(29)18-15-27(36)32-25-19-21(2)9-12-22(25)3/h4-14,16-17,19,28-29H,15,18H2,1-3H3,(H,32,36)(H,33,37)/t28-,29+/m0/s1. The molecule has 1 aliphatic heterocycles. The first kappa shape index (κ1) is 24.7. The number of aryl methyl sites for hydroxylation is 3. The highest BCUT2D eigenvalue weighted by Crippen LogP contribution is 2.39. The molecule has 5 rings (SSSR count). The summed E-state index contributed by atoms with van der Waals surface area (Å²) in [5, 5.41) is 7.19. The van der Waals surface area contributed by atoms with Crippen LogP contribution in [0.2, 0.25) is 0 Å². The molecule has 0 bridgehead atoms. The van der Waals surface area contributed by atoms with E-state index in [1.165, 1.54) is 5.56 Å². The van der Waals surface area contributed by atoms with Gasteiger partial charge in [-0.1, -0.05) is 35.9 Å². The third-order valence-corrected chi connectivity index (χ3v) is 7.19. The lowest BCUT2D eigenvalue weighted by Crippen LogP contribution is -2.33. The number of carbonyl (C=O) groups excluding carboxylic acids is 1. The van der Waals surface area contributed by atoms with Crippen molar-refractivity contribution >= 4 is 28.9 Å². The molecular weight excluding hydrogens is 478 g/mol. The Morgan fingerprint density at radius 2 is 1.78 bits per heavy atom. The van der Waals surface area contributed by atoms with Crippen molar-refractivity contribution in [1.29, 1.82) is 0 Å². The maximum Gasteiger partial charge on any atom is 0.226 e. The Morgan fingerprint density at radius 3 is 2.54 bits per heavy atom. The summed E-state index contributed by atoms with van der Waals surface area (Å²) in [4.78, 5) is 19.7. The fourth-order valence-corrected chi connectivity index (χ4v) is 5.18. The summed E-state index contributed by atoms with van der Waals surface area (Å²) in [6, 6.07) is 24.4. The van der Waals surface area contributed by atoms with Gasteiger partial charge in [0, 0.05) is 42.4 Å². The van der Waals surface area contributed by atoms with Gasteiger partial charge in [0.25, 0.3) is 0 Å². The summed E-state index contributed by atoms with van der Waals surface area (Å²) in [5.41, 5.74) is 7.29. The first-order valence-corrected chi connectivity index (χ1v) is 12.9. The van der Waals surface area contributed by atoms with Crippen LogP contribution in [0.25, 0.3) is 5.69 Å². The molecule has 2 aromatic heterocycles. The Balaban J connectivity index is 1.44. The minimum absolute atomic E-state index is 0.0366. The number of nitrogens with zero attached hydrogens (tertiary/aromatic N) is 3. The van der Waals surface area contributed by atoms with Crippen LogP contribution in [0, 0.1) is 20.8 Å². The van der Waals surface area contributed by atoms with Crippen LogP contribution < -0.4 is 10.6 Å². The van der Waals surface area contributed by atoms with Crippen LogP contribution in [-0.2, 0) is 4.79 Å². The zero-order chi connectivity index (χ0) is 25.9. The number of anilines is 1. The first-order chi connectivity index (χ1) is 17.9. The van der Waals surface area contributed by atoms with E-state index in [2.05, 4.69) is 74.6 Å². The highest BCUT2D eigenvalue weighted by molar-refractivity contribution is 7.80. The second-order valence-electron chi connectivity index (χ2n) is 9.58. The van der Waals surface area contributed by atoms with E-state index in [1.54, 1.807) is 6.20 Å². The van der Waals surface area contributed by atoms with Gasteiger partial charge in [0.1, 0.15) is 0 Å². The molecule has 0 saturated carbocycles. The number of nitrogens with one attached hydrogen (secondary N) is 2. The van der Waals surface area contributed by atoms with Gasteiger partial charge >= 0.3 is 0 Å². The molecule has 1 aliphatic rings. The van der Waals surface area contributed by atoms with Gasteiger partial charge < -0.3 is 20.1 Å². The van der Waals surface area contributed by atoms with Crippen molar-refractivity contribution in [3.63, 3.8) is 0 Å². The van der Waals surface area contributed by atoms with Crippen molar-refractivity contribution in [2.24, 2.45) is 0 Å². The molecule has 0 radical (unpaired) electrons. The van der Waals surface area contributed by atoms with Crippen LogP contribution >= 0.6 is 12.2 Å². The minimum Gasteiger partial charge on any atom is -0.352 e. The van der Waals surface area contributed by atoms with E-state index in [4.69, 9.17) is 12.2 Å². The van der Waals surface area contributed by atoms with Crippen molar-refractivity contribution in [3.8, 4) is 5.69 Å². The predicted octanol–water partition coefficient (Wildman–Crippen LogP) is 5.80. The Morgan fingerprint density at radius 1 is 1.00 bits per heavy atom. The van der Waals surface area contributed by atoms with E-state index in [-0.39, 0.29) is 18.0 Å². The van der Waals surface area contributed by atoms with E-state index in [0.29, 0.717) is 18.1 Å². The molecule has 2 N–H and O–H groups in total. The smallest absolute Gasteiger partial charge is 0.226 e. The van der Waals surface area contributed by atoms with Crippen molar-refractivity contribution in [2.75, 3.05) is 11.9 Å². The van der Waals surface area contributed by atoms with Crippen molar-refractivity contribution in [3.05, 3.63) is 113 Å². The lowest BCUT2D eigenvalue weighted by Gasteiger charge is -2.29. The third-order valence-electron chi connectivity index (χ3n) is 6.84. The average Bonchev–Trinajstić information content (AvgIpc) is 3.50. The third kappa shape index (κ3) is 5.27. The van der Waals surface area contributed by atoms with Gasteiger partial charge in [-0.05, 0) is 86.6 Å². The number of aromatic nitrogens is 2. The summed E-state index contributed by atoms with van der Waals surface area (Å²) >= 11 is 5.81. The van der Waals surface area contributed by atoms with Gasteiger partial charge in [-0.25, -0.2) is 0 Å². The van der Waals surface area contributed by atoms with E-state index >= 15 is 0 Å². The fraction of sp³-hybridized carbons (Fsp3) is 0.233. The summed E-state index contributed by atoms with van der Waals surface area (Å²) in [5.74, 6) is -0.0366. The molecule has 188 valence electrons. The number of thiocarbonyl (C=S) groups is 1. The van der Waals surface area contributed by atoms with Crippen LogP contribution in [-0.4, -0.2) is 32.0 Å². The quantitative estimate of drug-likeness (QED) is 0.309. The van der Waals surface area contributed by atoms with Crippen molar-refractivity contribution in [1.82, 2.24) is 19.8 Å². The second-order valence-corrected chi connectivity index (χ2v) is 9.96. The molecule has 4 aromatic rings. The molecule has 3 heterocycles. The number of rotatable bonds is 7. The fourth-order valence-electron chi connectivity index (χ4n) is 4.85. The lowest BCUT2D eigenvalue weighted by molar-refractivity contribution is -0.116. The van der Waals surface area contributed by atoms with E-state index < -0.39 is 0 Å². The molecule has 37 heavy (non-hydrogen) atoms. The van der Waals surface area contributed by atoms with E-state index in [0.717, 1.165) is 33.9 Å². The molecule has 6 nitrogen and oxygen atoms in total. The molecule has 2 aromatic carbocycles. The Hall–Kier alpha value is -3.97. The van der Waals surface area contributed by atoms with Crippen molar-refractivity contribution < 1.29 is 4.79 Å². The Labute approximate surface area is 223 Å². The zero-order valence-electron chi connectivity index (χ0n) is 21.3. The Bertz CT molecular complexity index is 1410. The van der Waals surface area contributed by atoms with Crippen LogP contribution in [0.4, 0.5) is 5.69 Å². The minimum atomic E-state index is -0.144. The zero-order valence-corrected chi connectivity index (χ0v) is 22.1. The molecule has 0 spiro atoms. The van der Waals surface area contributed by atoms with Gasteiger partial charge in [-0.15, -0.1) is 0 Å². The van der Waals surface area contributed by atoms with Crippen molar-refractivity contribution in [2.45, 2.75) is 39.3 Å². The Kier molecular flexibility index (Phi) is 7.06. The van der Waals surface area contributed by atoms with E-state index in [9.17, 15) is 4.79 Å². The lowest BCUT2D eigenvalue weighted by atomic mass is 10.0.